The summed E-state index contributed by atoms with van der Waals surface area (Å²) in [6.45, 7) is 2.17. The normalized spacial score (nSPS) is 10.8. The van der Waals surface area contributed by atoms with Crippen LogP contribution in [0.25, 0.3) is 16.9 Å². The summed E-state index contributed by atoms with van der Waals surface area (Å²) >= 11 is 2.76. The van der Waals surface area contributed by atoms with Crippen LogP contribution in [0.3, 0.4) is 0 Å². The first-order valence-corrected chi connectivity index (χ1v) is 11.5. The van der Waals surface area contributed by atoms with Crippen LogP contribution < -0.4 is 5.32 Å². The highest BCUT2D eigenvalue weighted by atomic mass is 32.2. The molecule has 8 heteroatoms. The minimum Gasteiger partial charge on any atom is -0.301 e. The van der Waals surface area contributed by atoms with Crippen LogP contribution in [0.4, 0.5) is 5.13 Å². The van der Waals surface area contributed by atoms with E-state index in [2.05, 4.69) is 51.7 Å². The van der Waals surface area contributed by atoms with Crippen LogP contribution >= 0.6 is 23.1 Å². The number of benzene rings is 2. The first-order chi connectivity index (χ1) is 14.7. The second-order valence-corrected chi connectivity index (χ2v) is 8.44. The number of thiazole rings is 1. The van der Waals surface area contributed by atoms with Gasteiger partial charge in [-0.2, -0.15) is 0 Å². The number of thioether (sulfide) groups is 1. The number of para-hydroxylation sites is 1. The Labute approximate surface area is 183 Å². The van der Waals surface area contributed by atoms with Crippen molar-refractivity contribution in [3.05, 3.63) is 71.9 Å². The molecule has 1 N–H and O–H groups in total. The van der Waals surface area contributed by atoms with E-state index in [0.717, 1.165) is 29.8 Å². The van der Waals surface area contributed by atoms with Gasteiger partial charge in [0.1, 0.15) is 6.33 Å². The minimum absolute atomic E-state index is 0.123. The molecule has 0 saturated carbocycles. The molecule has 4 rings (SSSR count). The van der Waals surface area contributed by atoms with Crippen LogP contribution in [0, 0.1) is 0 Å². The summed E-state index contributed by atoms with van der Waals surface area (Å²) in [4.78, 5) is 16.9. The van der Waals surface area contributed by atoms with Crippen molar-refractivity contribution in [1.82, 2.24) is 19.7 Å². The van der Waals surface area contributed by atoms with E-state index in [9.17, 15) is 4.79 Å². The Morgan fingerprint density at radius 2 is 1.93 bits per heavy atom. The van der Waals surface area contributed by atoms with Gasteiger partial charge >= 0.3 is 0 Å². The van der Waals surface area contributed by atoms with Crippen molar-refractivity contribution in [3.63, 3.8) is 0 Å². The maximum absolute atomic E-state index is 12.4. The summed E-state index contributed by atoms with van der Waals surface area (Å²) in [5.74, 6) is 0.105. The highest BCUT2D eigenvalue weighted by molar-refractivity contribution is 7.99. The molecule has 152 valence electrons. The van der Waals surface area contributed by atoms with Crippen LogP contribution in [-0.4, -0.2) is 31.4 Å². The van der Waals surface area contributed by atoms with E-state index in [1.165, 1.54) is 28.7 Å². The second kappa shape index (κ2) is 9.69. The molecular weight excluding hydrogens is 414 g/mol. The molecule has 0 radical (unpaired) electrons. The average molecular weight is 436 g/mol. The van der Waals surface area contributed by atoms with E-state index >= 15 is 0 Å². The highest BCUT2D eigenvalue weighted by Gasteiger charge is 2.12. The number of rotatable bonds is 8. The molecule has 2 aromatic heterocycles. The Balaban J connectivity index is 1.35. The van der Waals surface area contributed by atoms with Gasteiger partial charge in [0.15, 0.2) is 10.3 Å². The minimum atomic E-state index is -0.123. The number of amides is 1. The summed E-state index contributed by atoms with van der Waals surface area (Å²) < 4.78 is 1.86. The fourth-order valence-electron chi connectivity index (χ4n) is 2.97. The van der Waals surface area contributed by atoms with Gasteiger partial charge in [-0.05, 0) is 24.1 Å². The largest absolute Gasteiger partial charge is 0.301 e. The zero-order valence-corrected chi connectivity index (χ0v) is 18.1. The standard InChI is InChI=1S/C22H21N5OS2/c1-2-6-16-9-11-17(12-10-16)19-13-29-21(24-19)25-20(28)14-30-22-26-23-15-27(22)18-7-4-3-5-8-18/h3-5,7-13,15H,2,6,14H2,1H3,(H,24,25,28). The molecule has 4 aromatic rings. The van der Waals surface area contributed by atoms with Crippen LogP contribution in [-0.2, 0) is 11.2 Å². The summed E-state index contributed by atoms with van der Waals surface area (Å²) in [5, 5.41) is 14.2. The van der Waals surface area contributed by atoms with Crippen molar-refractivity contribution in [3.8, 4) is 16.9 Å². The van der Waals surface area contributed by atoms with Crippen molar-refractivity contribution < 1.29 is 4.79 Å². The topological polar surface area (TPSA) is 72.7 Å². The van der Waals surface area contributed by atoms with Gasteiger partial charge < -0.3 is 5.32 Å². The van der Waals surface area contributed by atoms with Gasteiger partial charge in [0.05, 0.1) is 11.4 Å². The predicted molar refractivity (Wildman–Crippen MR) is 122 cm³/mol. The fourth-order valence-corrected chi connectivity index (χ4v) is 4.43. The summed E-state index contributed by atoms with van der Waals surface area (Å²) in [5.41, 5.74) is 4.21. The maximum Gasteiger partial charge on any atom is 0.236 e. The molecule has 0 aliphatic heterocycles. The second-order valence-electron chi connectivity index (χ2n) is 6.64. The molecule has 2 aromatic carbocycles. The van der Waals surface area contributed by atoms with Crippen molar-refractivity contribution in [2.24, 2.45) is 0 Å². The summed E-state index contributed by atoms with van der Waals surface area (Å²) in [6.07, 6.45) is 3.86. The number of carbonyl (C=O) groups excluding carboxylic acids is 1. The molecule has 0 aliphatic rings. The molecule has 2 heterocycles. The number of anilines is 1. The van der Waals surface area contributed by atoms with E-state index in [1.54, 1.807) is 6.33 Å². The SMILES string of the molecule is CCCc1ccc(-c2csc(NC(=O)CSc3nncn3-c3ccccc3)n2)cc1. The Bertz CT molecular complexity index is 1110. The molecule has 1 amide bonds. The lowest BCUT2D eigenvalue weighted by molar-refractivity contribution is -0.113. The molecule has 0 unspecified atom stereocenters. The smallest absolute Gasteiger partial charge is 0.236 e. The third-order valence-corrected chi connectivity index (χ3v) is 6.12. The van der Waals surface area contributed by atoms with Crippen molar-refractivity contribution in [2.75, 3.05) is 11.1 Å². The quantitative estimate of drug-likeness (QED) is 0.391. The monoisotopic (exact) mass is 435 g/mol. The lowest BCUT2D eigenvalue weighted by Crippen LogP contribution is -2.14. The van der Waals surface area contributed by atoms with Gasteiger partial charge in [0, 0.05) is 16.6 Å². The third kappa shape index (κ3) is 4.95. The first-order valence-electron chi connectivity index (χ1n) is 9.66. The van der Waals surface area contributed by atoms with Gasteiger partial charge in [0.25, 0.3) is 0 Å². The van der Waals surface area contributed by atoms with E-state index in [1.807, 2.05) is 40.3 Å². The molecule has 0 bridgehead atoms. The van der Waals surface area contributed by atoms with E-state index in [4.69, 9.17) is 0 Å². The van der Waals surface area contributed by atoms with Gasteiger partial charge in [0.2, 0.25) is 5.91 Å². The predicted octanol–water partition coefficient (Wildman–Crippen LogP) is 5.07. The van der Waals surface area contributed by atoms with E-state index in [0.29, 0.717) is 10.3 Å². The number of carbonyl (C=O) groups is 1. The van der Waals surface area contributed by atoms with Gasteiger partial charge in [-0.25, -0.2) is 4.98 Å². The summed E-state index contributed by atoms with van der Waals surface area (Å²) in [6, 6.07) is 18.2. The zero-order valence-electron chi connectivity index (χ0n) is 16.5. The molecule has 0 fully saturated rings. The molecule has 6 nitrogen and oxygen atoms in total. The number of hydrogen-bond donors (Lipinski definition) is 1. The molecular formula is C22H21N5OS2. The molecule has 30 heavy (non-hydrogen) atoms. The van der Waals surface area contributed by atoms with Crippen molar-refractivity contribution in [2.45, 2.75) is 24.9 Å². The highest BCUT2D eigenvalue weighted by Crippen LogP contribution is 2.26. The van der Waals surface area contributed by atoms with E-state index in [-0.39, 0.29) is 11.7 Å². The molecule has 0 saturated heterocycles. The van der Waals surface area contributed by atoms with Crippen LogP contribution in [0.1, 0.15) is 18.9 Å². The summed E-state index contributed by atoms with van der Waals surface area (Å²) in [7, 11) is 0. The fraction of sp³-hybridized carbons (Fsp3) is 0.182. The van der Waals surface area contributed by atoms with Gasteiger partial charge in [-0.15, -0.1) is 21.5 Å². The van der Waals surface area contributed by atoms with Gasteiger partial charge in [-0.1, -0.05) is 67.6 Å². The molecule has 0 aliphatic carbocycles. The molecule has 0 atom stereocenters. The van der Waals surface area contributed by atoms with Crippen molar-refractivity contribution in [1.29, 1.82) is 0 Å². The Kier molecular flexibility index (Phi) is 6.56. The average Bonchev–Trinajstić information content (AvgIpc) is 3.43. The number of aryl methyl sites for hydroxylation is 1. The zero-order chi connectivity index (χ0) is 20.8. The number of hydrogen-bond acceptors (Lipinski definition) is 6. The Hall–Kier alpha value is -2.97. The first kappa shape index (κ1) is 20.3. The van der Waals surface area contributed by atoms with Crippen LogP contribution in [0.2, 0.25) is 0 Å². The lowest BCUT2D eigenvalue weighted by Gasteiger charge is -2.05. The third-order valence-electron chi connectivity index (χ3n) is 4.42. The Morgan fingerprint density at radius 1 is 1.13 bits per heavy atom. The maximum atomic E-state index is 12.4. The molecule has 0 spiro atoms. The van der Waals surface area contributed by atoms with E-state index < -0.39 is 0 Å². The van der Waals surface area contributed by atoms with Crippen molar-refractivity contribution >= 4 is 34.1 Å². The number of nitrogens with one attached hydrogen (secondary N) is 1. The van der Waals surface area contributed by atoms with Crippen LogP contribution in [0.5, 0.6) is 0 Å². The number of nitrogens with zero attached hydrogens (tertiary/aromatic N) is 4. The number of aromatic nitrogens is 4. The lowest BCUT2D eigenvalue weighted by atomic mass is 10.1. The Morgan fingerprint density at radius 3 is 2.70 bits per heavy atom. The van der Waals surface area contributed by atoms with Crippen LogP contribution in [0.15, 0.2) is 71.5 Å². The van der Waals surface area contributed by atoms with Gasteiger partial charge in [-0.3, -0.25) is 9.36 Å².